The fraction of sp³-hybridized carbons (Fsp3) is 0.174. The lowest BCUT2D eigenvalue weighted by Crippen LogP contribution is -2.31. The van der Waals surface area contributed by atoms with Crippen molar-refractivity contribution < 1.29 is 4.79 Å². The van der Waals surface area contributed by atoms with Gasteiger partial charge in [-0.2, -0.15) is 0 Å². The zero-order valence-electron chi connectivity index (χ0n) is 15.4. The highest BCUT2D eigenvalue weighted by Crippen LogP contribution is 2.19. The third-order valence-corrected chi connectivity index (χ3v) is 4.88. The van der Waals surface area contributed by atoms with Crippen molar-refractivity contribution in [1.82, 2.24) is 9.47 Å². The molecule has 4 heteroatoms. The molecule has 0 unspecified atom stereocenters. The van der Waals surface area contributed by atoms with Gasteiger partial charge in [0.15, 0.2) is 0 Å². The molecule has 0 aliphatic carbocycles. The van der Waals surface area contributed by atoms with Gasteiger partial charge in [0, 0.05) is 35.6 Å². The van der Waals surface area contributed by atoms with Crippen molar-refractivity contribution in [2.75, 3.05) is 6.54 Å². The van der Waals surface area contributed by atoms with E-state index in [4.69, 9.17) is 11.6 Å². The number of hydrogen-bond donors (Lipinski definition) is 0. The minimum absolute atomic E-state index is 0.000364. The fourth-order valence-corrected chi connectivity index (χ4v) is 3.20. The largest absolute Gasteiger partial charge is 0.345 e. The second kappa shape index (κ2) is 8.74. The minimum Gasteiger partial charge on any atom is -0.345 e. The quantitative estimate of drug-likeness (QED) is 0.510. The van der Waals surface area contributed by atoms with Crippen molar-refractivity contribution in [2.24, 2.45) is 0 Å². The lowest BCUT2D eigenvalue weighted by Gasteiger charge is -2.22. The summed E-state index contributed by atoms with van der Waals surface area (Å²) in [6.07, 6.45) is 3.77. The van der Waals surface area contributed by atoms with Crippen LogP contribution in [0.25, 0.3) is 0 Å². The number of rotatable bonds is 7. The lowest BCUT2D eigenvalue weighted by atomic mass is 10.1. The summed E-state index contributed by atoms with van der Waals surface area (Å²) in [5, 5.41) is 0.746. The van der Waals surface area contributed by atoms with Gasteiger partial charge >= 0.3 is 0 Å². The van der Waals surface area contributed by atoms with E-state index in [1.165, 1.54) is 0 Å². The Balaban J connectivity index is 1.80. The second-order valence-corrected chi connectivity index (χ2v) is 6.97. The van der Waals surface area contributed by atoms with Crippen LogP contribution in [0.1, 0.15) is 27.2 Å². The minimum atomic E-state index is 0.000364. The van der Waals surface area contributed by atoms with Crippen LogP contribution < -0.4 is 0 Å². The number of halogens is 1. The Labute approximate surface area is 165 Å². The zero-order valence-corrected chi connectivity index (χ0v) is 16.2. The Hall–Kier alpha value is -2.78. The Bertz CT molecular complexity index is 928. The number of aromatic nitrogens is 1. The van der Waals surface area contributed by atoms with E-state index in [-0.39, 0.29) is 5.91 Å². The van der Waals surface area contributed by atoms with E-state index in [9.17, 15) is 4.79 Å². The van der Waals surface area contributed by atoms with Gasteiger partial charge in [-0.25, -0.2) is 0 Å². The van der Waals surface area contributed by atoms with Crippen molar-refractivity contribution in [1.29, 1.82) is 0 Å². The highest BCUT2D eigenvalue weighted by atomic mass is 35.5. The van der Waals surface area contributed by atoms with Crippen LogP contribution in [0.2, 0.25) is 5.02 Å². The SMILES string of the molecule is C=CCN(Cc1cccn1Cc1ccccc1Cl)C(=O)c1ccc(C)cc1. The van der Waals surface area contributed by atoms with Gasteiger partial charge in [0.1, 0.15) is 0 Å². The van der Waals surface area contributed by atoms with E-state index in [1.54, 1.807) is 11.0 Å². The molecule has 0 atom stereocenters. The first kappa shape index (κ1) is 19.0. The molecule has 1 amide bonds. The highest BCUT2D eigenvalue weighted by Gasteiger charge is 2.16. The Kier molecular flexibility index (Phi) is 6.15. The first-order valence-electron chi connectivity index (χ1n) is 8.92. The number of hydrogen-bond acceptors (Lipinski definition) is 1. The van der Waals surface area contributed by atoms with Crippen LogP contribution >= 0.6 is 11.6 Å². The molecule has 0 fully saturated rings. The topological polar surface area (TPSA) is 25.2 Å². The van der Waals surface area contributed by atoms with Crippen LogP contribution in [0.15, 0.2) is 79.5 Å². The summed E-state index contributed by atoms with van der Waals surface area (Å²) in [4.78, 5) is 14.7. The van der Waals surface area contributed by atoms with E-state index in [1.807, 2.05) is 73.8 Å². The third-order valence-electron chi connectivity index (χ3n) is 4.51. The molecular formula is C23H23ClN2O. The molecule has 3 aromatic rings. The molecule has 3 rings (SSSR count). The molecular weight excluding hydrogens is 356 g/mol. The maximum absolute atomic E-state index is 12.9. The van der Waals surface area contributed by atoms with Crippen molar-refractivity contribution in [3.8, 4) is 0 Å². The van der Waals surface area contributed by atoms with Crippen molar-refractivity contribution >= 4 is 17.5 Å². The van der Waals surface area contributed by atoms with Crippen LogP contribution in [0.5, 0.6) is 0 Å². The second-order valence-electron chi connectivity index (χ2n) is 6.56. The number of carbonyl (C=O) groups is 1. The van der Waals surface area contributed by atoms with Crippen LogP contribution in [-0.2, 0) is 13.1 Å². The Morgan fingerprint density at radius 2 is 1.85 bits per heavy atom. The zero-order chi connectivity index (χ0) is 19.2. The number of carbonyl (C=O) groups excluding carboxylic acids is 1. The third kappa shape index (κ3) is 4.69. The monoisotopic (exact) mass is 378 g/mol. The summed E-state index contributed by atoms with van der Waals surface area (Å²) >= 11 is 6.30. The molecule has 2 aromatic carbocycles. The van der Waals surface area contributed by atoms with E-state index < -0.39 is 0 Å². The molecule has 1 heterocycles. The molecule has 0 N–H and O–H groups in total. The van der Waals surface area contributed by atoms with Gasteiger partial charge in [0.25, 0.3) is 5.91 Å². The molecule has 0 aliphatic heterocycles. The molecule has 0 aliphatic rings. The maximum atomic E-state index is 12.9. The van der Waals surface area contributed by atoms with Crippen molar-refractivity contribution in [3.05, 3.63) is 107 Å². The molecule has 0 spiro atoms. The summed E-state index contributed by atoms with van der Waals surface area (Å²) in [7, 11) is 0. The predicted octanol–water partition coefficient (Wildman–Crippen LogP) is 5.33. The van der Waals surface area contributed by atoms with Crippen LogP contribution in [0.3, 0.4) is 0 Å². The van der Waals surface area contributed by atoms with E-state index in [2.05, 4.69) is 11.1 Å². The summed E-state index contributed by atoms with van der Waals surface area (Å²) < 4.78 is 2.12. The number of benzene rings is 2. The molecule has 0 bridgehead atoms. The van der Waals surface area contributed by atoms with E-state index in [0.29, 0.717) is 25.2 Å². The van der Waals surface area contributed by atoms with E-state index >= 15 is 0 Å². The summed E-state index contributed by atoms with van der Waals surface area (Å²) in [6.45, 7) is 7.48. The van der Waals surface area contributed by atoms with Gasteiger partial charge in [-0.05, 0) is 42.8 Å². The van der Waals surface area contributed by atoms with Gasteiger partial charge in [-0.15, -0.1) is 6.58 Å². The molecule has 0 saturated carbocycles. The van der Waals surface area contributed by atoms with Gasteiger partial charge in [0.05, 0.1) is 6.54 Å². The lowest BCUT2D eigenvalue weighted by molar-refractivity contribution is 0.0759. The van der Waals surface area contributed by atoms with Gasteiger partial charge in [0.2, 0.25) is 0 Å². The molecule has 27 heavy (non-hydrogen) atoms. The average Bonchev–Trinajstić information content (AvgIpc) is 3.10. The van der Waals surface area contributed by atoms with Crippen LogP contribution in [-0.4, -0.2) is 21.9 Å². The van der Waals surface area contributed by atoms with Crippen molar-refractivity contribution in [2.45, 2.75) is 20.0 Å². The van der Waals surface area contributed by atoms with Crippen LogP contribution in [0, 0.1) is 6.92 Å². The summed E-state index contributed by atoms with van der Waals surface area (Å²) in [5.74, 6) is 0.000364. The van der Waals surface area contributed by atoms with Gasteiger partial charge in [-0.1, -0.05) is 53.6 Å². The Morgan fingerprint density at radius 1 is 1.11 bits per heavy atom. The van der Waals surface area contributed by atoms with Gasteiger partial charge in [-0.3, -0.25) is 4.79 Å². The molecule has 3 nitrogen and oxygen atoms in total. The standard InChI is InChI=1S/C23H23ClN2O/c1-3-14-26(23(27)19-12-10-18(2)11-13-19)17-21-8-6-15-25(21)16-20-7-4-5-9-22(20)24/h3-13,15H,1,14,16-17H2,2H3. The molecule has 138 valence electrons. The average molecular weight is 379 g/mol. The first-order valence-corrected chi connectivity index (χ1v) is 9.30. The maximum Gasteiger partial charge on any atom is 0.254 e. The summed E-state index contributed by atoms with van der Waals surface area (Å²) in [5.41, 5.74) is 3.93. The molecule has 0 saturated heterocycles. The smallest absolute Gasteiger partial charge is 0.254 e. The molecule has 0 radical (unpaired) electrons. The predicted molar refractivity (Wildman–Crippen MR) is 111 cm³/mol. The van der Waals surface area contributed by atoms with E-state index in [0.717, 1.165) is 21.8 Å². The van der Waals surface area contributed by atoms with Crippen LogP contribution in [0.4, 0.5) is 0 Å². The van der Waals surface area contributed by atoms with Crippen molar-refractivity contribution in [3.63, 3.8) is 0 Å². The number of aryl methyl sites for hydroxylation is 1. The Morgan fingerprint density at radius 3 is 2.56 bits per heavy atom. The number of nitrogens with zero attached hydrogens (tertiary/aromatic N) is 2. The normalized spacial score (nSPS) is 10.6. The number of amides is 1. The highest BCUT2D eigenvalue weighted by molar-refractivity contribution is 6.31. The van der Waals surface area contributed by atoms with Gasteiger partial charge < -0.3 is 9.47 Å². The fourth-order valence-electron chi connectivity index (χ4n) is 3.01. The molecule has 1 aromatic heterocycles. The first-order chi connectivity index (χ1) is 13.1. The summed E-state index contributed by atoms with van der Waals surface area (Å²) in [6, 6.07) is 19.5.